The molecule has 1 fully saturated rings. The van der Waals surface area contributed by atoms with Gasteiger partial charge in [-0.2, -0.15) is 0 Å². The first kappa shape index (κ1) is 13.3. The highest BCUT2D eigenvalue weighted by molar-refractivity contribution is 5.91. The van der Waals surface area contributed by atoms with Crippen LogP contribution in [0.3, 0.4) is 0 Å². The van der Waals surface area contributed by atoms with Crippen LogP contribution >= 0.6 is 0 Å². The van der Waals surface area contributed by atoms with Crippen LogP contribution in [0.5, 0.6) is 0 Å². The summed E-state index contributed by atoms with van der Waals surface area (Å²) in [6, 6.07) is 2.57. The Balaban J connectivity index is 2.15. The Morgan fingerprint density at radius 1 is 1.32 bits per heavy atom. The molecule has 7 heteroatoms. The van der Waals surface area contributed by atoms with Crippen LogP contribution in [0.4, 0.5) is 20.6 Å². The van der Waals surface area contributed by atoms with Crippen LogP contribution in [0, 0.1) is 15.9 Å². The van der Waals surface area contributed by atoms with E-state index in [2.05, 4.69) is 5.32 Å². The van der Waals surface area contributed by atoms with E-state index in [1.807, 2.05) is 0 Å². The van der Waals surface area contributed by atoms with Crippen molar-refractivity contribution in [3.05, 3.63) is 34.1 Å². The molecule has 2 amide bonds. The number of carbonyl (C=O) groups is 1. The Morgan fingerprint density at radius 3 is 2.63 bits per heavy atom. The van der Waals surface area contributed by atoms with Crippen molar-refractivity contribution >= 4 is 17.4 Å². The van der Waals surface area contributed by atoms with E-state index >= 15 is 0 Å². The summed E-state index contributed by atoms with van der Waals surface area (Å²) in [6.45, 7) is 1.24. The molecule has 0 saturated carbocycles. The SMILES string of the molecule is O=C(Nc1cc(F)ccc1[N+](=O)[O-])N1CCCCC1. The topological polar surface area (TPSA) is 75.5 Å². The van der Waals surface area contributed by atoms with Gasteiger partial charge in [-0.1, -0.05) is 0 Å². The predicted molar refractivity (Wildman–Crippen MR) is 67.5 cm³/mol. The Morgan fingerprint density at radius 2 is 2.00 bits per heavy atom. The maximum absolute atomic E-state index is 13.1. The first-order valence-electron chi connectivity index (χ1n) is 6.08. The largest absolute Gasteiger partial charge is 0.325 e. The number of likely N-dealkylation sites (tertiary alicyclic amines) is 1. The minimum absolute atomic E-state index is 0.111. The third-order valence-corrected chi connectivity index (χ3v) is 3.04. The number of benzene rings is 1. The Kier molecular flexibility index (Phi) is 3.94. The average molecular weight is 267 g/mol. The van der Waals surface area contributed by atoms with Crippen LogP contribution in [-0.2, 0) is 0 Å². The zero-order chi connectivity index (χ0) is 13.8. The Labute approximate surface area is 109 Å². The molecule has 6 nitrogen and oxygen atoms in total. The summed E-state index contributed by atoms with van der Waals surface area (Å²) in [4.78, 5) is 23.7. The maximum Gasteiger partial charge on any atom is 0.322 e. The molecular weight excluding hydrogens is 253 g/mol. The minimum Gasteiger partial charge on any atom is -0.325 e. The number of carbonyl (C=O) groups excluding carboxylic acids is 1. The van der Waals surface area contributed by atoms with E-state index in [1.54, 1.807) is 4.90 Å². The lowest BCUT2D eigenvalue weighted by Crippen LogP contribution is -2.38. The number of anilines is 1. The fourth-order valence-corrected chi connectivity index (χ4v) is 2.06. The highest BCUT2D eigenvalue weighted by atomic mass is 19.1. The van der Waals surface area contributed by atoms with Crippen molar-refractivity contribution in [1.29, 1.82) is 0 Å². The molecule has 0 aliphatic carbocycles. The lowest BCUT2D eigenvalue weighted by Gasteiger charge is -2.26. The zero-order valence-corrected chi connectivity index (χ0v) is 10.3. The highest BCUT2D eigenvalue weighted by Crippen LogP contribution is 2.25. The fraction of sp³-hybridized carbons (Fsp3) is 0.417. The van der Waals surface area contributed by atoms with E-state index in [4.69, 9.17) is 0 Å². The monoisotopic (exact) mass is 267 g/mol. The van der Waals surface area contributed by atoms with Crippen LogP contribution in [0.1, 0.15) is 19.3 Å². The van der Waals surface area contributed by atoms with Crippen molar-refractivity contribution in [2.45, 2.75) is 19.3 Å². The number of halogens is 1. The summed E-state index contributed by atoms with van der Waals surface area (Å²) in [7, 11) is 0. The molecule has 0 atom stereocenters. The third kappa shape index (κ3) is 3.18. The second kappa shape index (κ2) is 5.64. The quantitative estimate of drug-likeness (QED) is 0.661. The van der Waals surface area contributed by atoms with Crippen molar-refractivity contribution in [3.8, 4) is 0 Å². The molecule has 0 aromatic heterocycles. The zero-order valence-electron chi connectivity index (χ0n) is 10.3. The molecule has 1 aliphatic rings. The number of rotatable bonds is 2. The lowest BCUT2D eigenvalue weighted by molar-refractivity contribution is -0.384. The van der Waals surface area contributed by atoms with Gasteiger partial charge in [0.2, 0.25) is 0 Å². The number of nitrogens with one attached hydrogen (secondary N) is 1. The van der Waals surface area contributed by atoms with Gasteiger partial charge in [-0.15, -0.1) is 0 Å². The van der Waals surface area contributed by atoms with E-state index in [-0.39, 0.29) is 11.4 Å². The first-order valence-corrected chi connectivity index (χ1v) is 6.08. The fourth-order valence-electron chi connectivity index (χ4n) is 2.06. The smallest absolute Gasteiger partial charge is 0.322 e. The van der Waals surface area contributed by atoms with Crippen molar-refractivity contribution in [1.82, 2.24) is 4.90 Å². The number of urea groups is 1. The number of hydrogen-bond acceptors (Lipinski definition) is 3. The molecular formula is C12H14FN3O3. The van der Waals surface area contributed by atoms with Gasteiger partial charge in [-0.3, -0.25) is 10.1 Å². The van der Waals surface area contributed by atoms with E-state index in [0.29, 0.717) is 13.1 Å². The predicted octanol–water partition coefficient (Wildman–Crippen LogP) is 2.75. The standard InChI is InChI=1S/C12H14FN3O3/c13-9-4-5-11(16(18)19)10(8-9)14-12(17)15-6-2-1-3-7-15/h4-5,8H,1-3,6-7H2,(H,14,17). The molecule has 1 aromatic carbocycles. The Bertz CT molecular complexity index is 501. The molecule has 0 radical (unpaired) electrons. The summed E-state index contributed by atoms with van der Waals surface area (Å²) in [5.74, 6) is -0.625. The van der Waals surface area contributed by atoms with Crippen molar-refractivity contribution in [2.24, 2.45) is 0 Å². The third-order valence-electron chi connectivity index (χ3n) is 3.04. The molecule has 0 bridgehead atoms. The van der Waals surface area contributed by atoms with Gasteiger partial charge in [0, 0.05) is 25.2 Å². The second-order valence-corrected chi connectivity index (χ2v) is 4.40. The van der Waals surface area contributed by atoms with E-state index < -0.39 is 16.8 Å². The lowest BCUT2D eigenvalue weighted by atomic mass is 10.1. The summed E-state index contributed by atoms with van der Waals surface area (Å²) >= 11 is 0. The molecule has 1 heterocycles. The number of piperidine rings is 1. The van der Waals surface area contributed by atoms with Crippen LogP contribution < -0.4 is 5.32 Å². The maximum atomic E-state index is 13.1. The van der Waals surface area contributed by atoms with Crippen molar-refractivity contribution < 1.29 is 14.1 Å². The van der Waals surface area contributed by atoms with Gasteiger partial charge in [0.05, 0.1) is 4.92 Å². The van der Waals surface area contributed by atoms with Gasteiger partial charge in [-0.25, -0.2) is 9.18 Å². The van der Waals surface area contributed by atoms with Crippen LogP contribution in [-0.4, -0.2) is 28.9 Å². The molecule has 1 aromatic rings. The molecule has 1 N–H and O–H groups in total. The van der Waals surface area contributed by atoms with E-state index in [0.717, 1.165) is 37.5 Å². The van der Waals surface area contributed by atoms with Crippen LogP contribution in [0.2, 0.25) is 0 Å². The van der Waals surface area contributed by atoms with Gasteiger partial charge >= 0.3 is 6.03 Å². The van der Waals surface area contributed by atoms with Gasteiger partial charge in [-0.05, 0) is 25.3 Å². The highest BCUT2D eigenvalue weighted by Gasteiger charge is 2.21. The van der Waals surface area contributed by atoms with Gasteiger partial charge in [0.15, 0.2) is 0 Å². The summed E-state index contributed by atoms with van der Waals surface area (Å²) in [5, 5.41) is 13.2. The van der Waals surface area contributed by atoms with Crippen LogP contribution in [0.25, 0.3) is 0 Å². The molecule has 1 saturated heterocycles. The molecule has 0 spiro atoms. The minimum atomic E-state index is -0.648. The van der Waals surface area contributed by atoms with Crippen molar-refractivity contribution in [3.63, 3.8) is 0 Å². The number of nitro groups is 1. The van der Waals surface area contributed by atoms with E-state index in [1.165, 1.54) is 0 Å². The molecule has 2 rings (SSSR count). The second-order valence-electron chi connectivity index (χ2n) is 4.40. The number of amides is 2. The van der Waals surface area contributed by atoms with Crippen LogP contribution in [0.15, 0.2) is 18.2 Å². The summed E-state index contributed by atoms with van der Waals surface area (Å²) in [5.41, 5.74) is -0.424. The van der Waals surface area contributed by atoms with E-state index in [9.17, 15) is 19.3 Å². The number of hydrogen-bond donors (Lipinski definition) is 1. The normalized spacial score (nSPS) is 15.1. The molecule has 102 valence electrons. The molecule has 0 unspecified atom stereocenters. The average Bonchev–Trinajstić information content (AvgIpc) is 2.39. The van der Waals surface area contributed by atoms with Gasteiger partial charge in [0.25, 0.3) is 5.69 Å². The first-order chi connectivity index (χ1) is 9.08. The number of nitro benzene ring substituents is 1. The number of nitrogens with zero attached hydrogens (tertiary/aromatic N) is 2. The molecule has 1 aliphatic heterocycles. The van der Waals surface area contributed by atoms with Crippen molar-refractivity contribution in [2.75, 3.05) is 18.4 Å². The summed E-state index contributed by atoms with van der Waals surface area (Å²) in [6.07, 6.45) is 2.90. The Hall–Kier alpha value is -2.18. The van der Waals surface area contributed by atoms with Gasteiger partial charge < -0.3 is 10.2 Å². The molecule has 19 heavy (non-hydrogen) atoms. The van der Waals surface area contributed by atoms with Gasteiger partial charge in [0.1, 0.15) is 11.5 Å². The summed E-state index contributed by atoms with van der Waals surface area (Å²) < 4.78 is 13.1.